The van der Waals surface area contributed by atoms with E-state index >= 15 is 0 Å². The number of carbonyl (C=O) groups is 2. The smallest absolute Gasteiger partial charge is 0.266 e. The van der Waals surface area contributed by atoms with Gasteiger partial charge >= 0.3 is 0 Å². The zero-order chi connectivity index (χ0) is 17.1. The van der Waals surface area contributed by atoms with Gasteiger partial charge in [-0.05, 0) is 26.0 Å². The standard InChI is InChI=1S/C17H19N3O3S/c1-11-4-3-5-13(10-11)15(21)19-17-18-12(2)14(24-17)16(22)20-6-8-23-9-7-20/h3-5,10H,6-9H2,1-2H3,(H,18,19,21). The molecule has 1 fully saturated rings. The molecule has 0 spiro atoms. The second-order valence-corrected chi connectivity index (χ2v) is 6.66. The fourth-order valence-electron chi connectivity index (χ4n) is 2.51. The molecule has 2 amide bonds. The van der Waals surface area contributed by atoms with Crippen LogP contribution in [0.25, 0.3) is 0 Å². The number of nitrogens with one attached hydrogen (secondary N) is 1. The SMILES string of the molecule is Cc1cccc(C(=O)Nc2nc(C)c(C(=O)N3CCOCC3)s2)c1. The van der Waals surface area contributed by atoms with Gasteiger partial charge in [0.15, 0.2) is 5.13 Å². The van der Waals surface area contributed by atoms with Crippen molar-refractivity contribution in [3.05, 3.63) is 46.0 Å². The van der Waals surface area contributed by atoms with Gasteiger partial charge in [-0.25, -0.2) is 4.98 Å². The first kappa shape index (κ1) is 16.6. The Morgan fingerprint density at radius 2 is 2.00 bits per heavy atom. The van der Waals surface area contributed by atoms with Crippen LogP contribution in [0.5, 0.6) is 0 Å². The van der Waals surface area contributed by atoms with E-state index in [9.17, 15) is 9.59 Å². The molecule has 6 nitrogen and oxygen atoms in total. The summed E-state index contributed by atoms with van der Waals surface area (Å²) in [6, 6.07) is 7.34. The summed E-state index contributed by atoms with van der Waals surface area (Å²) >= 11 is 1.21. The van der Waals surface area contributed by atoms with E-state index in [1.165, 1.54) is 11.3 Å². The average molecular weight is 345 g/mol. The van der Waals surface area contributed by atoms with Crippen molar-refractivity contribution in [1.29, 1.82) is 0 Å². The highest BCUT2D eigenvalue weighted by molar-refractivity contribution is 7.17. The maximum atomic E-state index is 12.6. The predicted molar refractivity (Wildman–Crippen MR) is 92.7 cm³/mol. The largest absolute Gasteiger partial charge is 0.378 e. The van der Waals surface area contributed by atoms with E-state index in [2.05, 4.69) is 10.3 Å². The third-order valence-corrected chi connectivity index (χ3v) is 4.85. The number of aromatic nitrogens is 1. The molecule has 7 heteroatoms. The van der Waals surface area contributed by atoms with Gasteiger partial charge in [0.05, 0.1) is 18.9 Å². The Morgan fingerprint density at radius 1 is 1.25 bits per heavy atom. The number of aryl methyl sites for hydroxylation is 2. The van der Waals surface area contributed by atoms with Gasteiger partial charge in [-0.2, -0.15) is 0 Å². The molecule has 1 N–H and O–H groups in total. The lowest BCUT2D eigenvalue weighted by Crippen LogP contribution is -2.40. The van der Waals surface area contributed by atoms with Crippen LogP contribution in [0.2, 0.25) is 0 Å². The van der Waals surface area contributed by atoms with Gasteiger partial charge in [0.25, 0.3) is 11.8 Å². The second kappa shape index (κ2) is 7.11. The second-order valence-electron chi connectivity index (χ2n) is 5.66. The lowest BCUT2D eigenvalue weighted by atomic mass is 10.1. The Balaban J connectivity index is 1.74. The highest BCUT2D eigenvalue weighted by Gasteiger charge is 2.23. The van der Waals surface area contributed by atoms with Crippen LogP contribution >= 0.6 is 11.3 Å². The quantitative estimate of drug-likeness (QED) is 0.928. The van der Waals surface area contributed by atoms with Gasteiger partial charge < -0.3 is 9.64 Å². The van der Waals surface area contributed by atoms with E-state index in [0.717, 1.165) is 5.56 Å². The highest BCUT2D eigenvalue weighted by atomic mass is 32.1. The molecule has 0 unspecified atom stereocenters. The lowest BCUT2D eigenvalue weighted by molar-refractivity contribution is 0.0305. The summed E-state index contributed by atoms with van der Waals surface area (Å²) < 4.78 is 5.27. The first-order valence-corrected chi connectivity index (χ1v) is 8.58. The molecular formula is C17H19N3O3S. The third kappa shape index (κ3) is 3.63. The summed E-state index contributed by atoms with van der Waals surface area (Å²) in [5, 5.41) is 3.22. The summed E-state index contributed by atoms with van der Waals surface area (Å²) in [6.45, 7) is 6.00. The van der Waals surface area contributed by atoms with Crippen molar-refractivity contribution >= 4 is 28.3 Å². The van der Waals surface area contributed by atoms with E-state index in [-0.39, 0.29) is 11.8 Å². The van der Waals surface area contributed by atoms with E-state index in [4.69, 9.17) is 4.74 Å². The number of anilines is 1. The minimum atomic E-state index is -0.224. The Labute approximate surface area is 144 Å². The maximum absolute atomic E-state index is 12.6. The fraction of sp³-hybridized carbons (Fsp3) is 0.353. The van der Waals surface area contributed by atoms with Crippen LogP contribution in [0.1, 0.15) is 31.3 Å². The first-order chi connectivity index (χ1) is 11.5. The summed E-state index contributed by atoms with van der Waals surface area (Å²) in [4.78, 5) is 31.5. The molecule has 0 bridgehead atoms. The van der Waals surface area contributed by atoms with Crippen LogP contribution in [-0.2, 0) is 4.74 Å². The summed E-state index contributed by atoms with van der Waals surface area (Å²) in [7, 11) is 0. The molecule has 0 radical (unpaired) electrons. The van der Waals surface area contributed by atoms with Crippen LogP contribution < -0.4 is 5.32 Å². The zero-order valence-corrected chi connectivity index (χ0v) is 14.5. The number of carbonyl (C=O) groups excluding carboxylic acids is 2. The predicted octanol–water partition coefficient (Wildman–Crippen LogP) is 2.48. The minimum Gasteiger partial charge on any atom is -0.378 e. The molecule has 1 aliphatic rings. The van der Waals surface area contributed by atoms with Crippen molar-refractivity contribution in [3.63, 3.8) is 0 Å². The van der Waals surface area contributed by atoms with E-state index in [0.29, 0.717) is 47.6 Å². The molecule has 3 rings (SSSR count). The maximum Gasteiger partial charge on any atom is 0.266 e. The van der Waals surface area contributed by atoms with Gasteiger partial charge in [0.2, 0.25) is 0 Å². The Bertz CT molecular complexity index is 766. The fourth-order valence-corrected chi connectivity index (χ4v) is 3.44. The van der Waals surface area contributed by atoms with Crippen molar-refractivity contribution in [2.45, 2.75) is 13.8 Å². The van der Waals surface area contributed by atoms with Gasteiger partial charge in [-0.1, -0.05) is 29.0 Å². The number of morpholine rings is 1. The number of hydrogen-bond donors (Lipinski definition) is 1. The monoisotopic (exact) mass is 345 g/mol. The topological polar surface area (TPSA) is 71.5 Å². The molecule has 0 saturated carbocycles. The highest BCUT2D eigenvalue weighted by Crippen LogP contribution is 2.25. The van der Waals surface area contributed by atoms with Crippen molar-refractivity contribution in [3.8, 4) is 0 Å². The van der Waals surface area contributed by atoms with Crippen molar-refractivity contribution in [1.82, 2.24) is 9.88 Å². The Morgan fingerprint density at radius 3 is 2.71 bits per heavy atom. The molecule has 0 aliphatic carbocycles. The molecule has 126 valence electrons. The molecular weight excluding hydrogens is 326 g/mol. The molecule has 1 aromatic heterocycles. The summed E-state index contributed by atoms with van der Waals surface area (Å²) in [5.41, 5.74) is 2.22. The van der Waals surface area contributed by atoms with E-state index < -0.39 is 0 Å². The number of hydrogen-bond acceptors (Lipinski definition) is 5. The van der Waals surface area contributed by atoms with Crippen LogP contribution in [0.15, 0.2) is 24.3 Å². The summed E-state index contributed by atoms with van der Waals surface area (Å²) in [5.74, 6) is -0.276. The molecule has 0 atom stereocenters. The normalized spacial score (nSPS) is 14.5. The molecule has 1 aliphatic heterocycles. The number of thiazole rings is 1. The lowest BCUT2D eigenvalue weighted by Gasteiger charge is -2.26. The van der Waals surface area contributed by atoms with Crippen LogP contribution in [0.4, 0.5) is 5.13 Å². The molecule has 2 aromatic rings. The van der Waals surface area contributed by atoms with Crippen LogP contribution in [-0.4, -0.2) is 48.0 Å². The summed E-state index contributed by atoms with van der Waals surface area (Å²) in [6.07, 6.45) is 0. The van der Waals surface area contributed by atoms with E-state index in [1.807, 2.05) is 25.1 Å². The number of nitrogens with zero attached hydrogens (tertiary/aromatic N) is 2. The third-order valence-electron chi connectivity index (χ3n) is 3.79. The van der Waals surface area contributed by atoms with Crippen molar-refractivity contribution in [2.24, 2.45) is 0 Å². The number of ether oxygens (including phenoxy) is 1. The van der Waals surface area contributed by atoms with Crippen LogP contribution in [0, 0.1) is 13.8 Å². The molecule has 24 heavy (non-hydrogen) atoms. The zero-order valence-electron chi connectivity index (χ0n) is 13.7. The Kier molecular flexibility index (Phi) is 4.92. The van der Waals surface area contributed by atoms with Crippen LogP contribution in [0.3, 0.4) is 0 Å². The van der Waals surface area contributed by atoms with Crippen molar-refractivity contribution in [2.75, 3.05) is 31.6 Å². The van der Waals surface area contributed by atoms with E-state index in [1.54, 1.807) is 17.9 Å². The van der Waals surface area contributed by atoms with Gasteiger partial charge in [-0.3, -0.25) is 14.9 Å². The first-order valence-electron chi connectivity index (χ1n) is 7.77. The van der Waals surface area contributed by atoms with Gasteiger partial charge in [-0.15, -0.1) is 0 Å². The van der Waals surface area contributed by atoms with Gasteiger partial charge in [0, 0.05) is 18.7 Å². The number of benzene rings is 1. The molecule has 1 aromatic carbocycles. The minimum absolute atomic E-state index is 0.0515. The molecule has 1 saturated heterocycles. The Hall–Kier alpha value is -2.25. The van der Waals surface area contributed by atoms with Crippen molar-refractivity contribution < 1.29 is 14.3 Å². The average Bonchev–Trinajstić information content (AvgIpc) is 2.95. The number of amides is 2. The molecule has 2 heterocycles. The number of rotatable bonds is 3. The van der Waals surface area contributed by atoms with Gasteiger partial charge in [0.1, 0.15) is 4.88 Å².